The highest BCUT2D eigenvalue weighted by Crippen LogP contribution is 2.30. The summed E-state index contributed by atoms with van der Waals surface area (Å²) in [5.41, 5.74) is 2.01. The minimum atomic E-state index is 0.718. The Balaban J connectivity index is 1.72. The first kappa shape index (κ1) is 13.6. The lowest BCUT2D eigenvalue weighted by molar-refractivity contribution is 0.199. The Morgan fingerprint density at radius 3 is 3.00 bits per heavy atom. The molecule has 3 rings (SSSR count). The van der Waals surface area contributed by atoms with Gasteiger partial charge >= 0.3 is 0 Å². The second-order valence-electron chi connectivity index (χ2n) is 4.28. The molecule has 0 atom stereocenters. The van der Waals surface area contributed by atoms with Crippen LogP contribution in [-0.2, 0) is 11.3 Å². The first-order valence-electron chi connectivity index (χ1n) is 6.37. The molecule has 0 unspecified atom stereocenters. The lowest BCUT2D eigenvalue weighted by Crippen LogP contribution is -2.18. The Labute approximate surface area is 125 Å². The van der Waals surface area contributed by atoms with Crippen molar-refractivity contribution in [3.8, 4) is 10.7 Å². The van der Waals surface area contributed by atoms with E-state index < -0.39 is 0 Å². The number of thiazole rings is 2. The summed E-state index contributed by atoms with van der Waals surface area (Å²) >= 11 is 3.35. The summed E-state index contributed by atoms with van der Waals surface area (Å²) in [5, 5.41) is 7.44. The number of para-hydroxylation sites is 1. The Bertz CT molecular complexity index is 659. The fraction of sp³-hybridized carbons (Fsp3) is 0.286. The van der Waals surface area contributed by atoms with Crippen LogP contribution in [0.2, 0.25) is 0 Å². The van der Waals surface area contributed by atoms with Gasteiger partial charge in [0.15, 0.2) is 0 Å². The molecule has 0 saturated carbocycles. The number of ether oxygens (including phenoxy) is 1. The largest absolute Gasteiger partial charge is 0.383 e. The second-order valence-corrected chi connectivity index (χ2v) is 6.26. The van der Waals surface area contributed by atoms with Gasteiger partial charge in [-0.15, -0.1) is 22.7 Å². The first-order chi connectivity index (χ1) is 9.86. The number of aromatic nitrogens is 2. The topological polar surface area (TPSA) is 47.0 Å². The molecule has 2 aromatic heterocycles. The summed E-state index contributed by atoms with van der Waals surface area (Å²) in [7, 11) is 1.70. The quantitative estimate of drug-likeness (QED) is 0.711. The molecule has 0 aliphatic rings. The maximum atomic E-state index is 5.00. The highest BCUT2D eigenvalue weighted by molar-refractivity contribution is 7.21. The van der Waals surface area contributed by atoms with Gasteiger partial charge in [0, 0.05) is 25.6 Å². The van der Waals surface area contributed by atoms with Crippen LogP contribution in [0.3, 0.4) is 0 Å². The highest BCUT2D eigenvalue weighted by Gasteiger charge is 2.09. The van der Waals surface area contributed by atoms with E-state index in [2.05, 4.69) is 26.7 Å². The van der Waals surface area contributed by atoms with Gasteiger partial charge in [-0.3, -0.25) is 0 Å². The van der Waals surface area contributed by atoms with Crippen LogP contribution in [0.5, 0.6) is 0 Å². The fourth-order valence-electron chi connectivity index (χ4n) is 1.84. The van der Waals surface area contributed by atoms with Crippen LogP contribution >= 0.6 is 22.7 Å². The molecular formula is C14H15N3OS2. The third-order valence-corrected chi connectivity index (χ3v) is 4.73. The predicted molar refractivity (Wildman–Crippen MR) is 84.3 cm³/mol. The number of hydrogen-bond acceptors (Lipinski definition) is 6. The van der Waals surface area contributed by atoms with Crippen molar-refractivity contribution in [1.82, 2.24) is 15.3 Å². The normalized spacial score (nSPS) is 11.2. The van der Waals surface area contributed by atoms with Gasteiger partial charge < -0.3 is 10.1 Å². The minimum Gasteiger partial charge on any atom is -0.383 e. The van der Waals surface area contributed by atoms with Gasteiger partial charge in [-0.2, -0.15) is 0 Å². The summed E-state index contributed by atoms with van der Waals surface area (Å²) in [6, 6.07) is 8.18. The molecule has 104 valence electrons. The number of rotatable bonds is 6. The molecule has 0 amide bonds. The molecule has 0 aliphatic heterocycles. The summed E-state index contributed by atoms with van der Waals surface area (Å²) in [6.07, 6.45) is 0. The highest BCUT2D eigenvalue weighted by atomic mass is 32.1. The van der Waals surface area contributed by atoms with E-state index in [0.29, 0.717) is 0 Å². The zero-order valence-corrected chi connectivity index (χ0v) is 12.8. The standard InChI is InChI=1S/C14H15N3OS2/c1-18-7-6-15-8-13-16-11(9-19-13)14-17-10-4-2-3-5-12(10)20-14/h2-5,9,15H,6-8H2,1H3. The molecule has 2 heterocycles. The molecule has 0 saturated heterocycles. The van der Waals surface area contributed by atoms with Gasteiger partial charge in [-0.05, 0) is 12.1 Å². The van der Waals surface area contributed by atoms with E-state index >= 15 is 0 Å². The molecule has 0 fully saturated rings. The number of nitrogens with zero attached hydrogens (tertiary/aromatic N) is 2. The van der Waals surface area contributed by atoms with Crippen LogP contribution in [0.25, 0.3) is 20.9 Å². The molecule has 1 N–H and O–H groups in total. The van der Waals surface area contributed by atoms with E-state index in [0.717, 1.165) is 40.9 Å². The van der Waals surface area contributed by atoms with Crippen molar-refractivity contribution < 1.29 is 4.74 Å². The maximum absolute atomic E-state index is 5.00. The van der Waals surface area contributed by atoms with Gasteiger partial charge in [-0.25, -0.2) is 9.97 Å². The van der Waals surface area contributed by atoms with Gasteiger partial charge in [-0.1, -0.05) is 12.1 Å². The molecule has 1 aromatic carbocycles. The fourth-order valence-corrected chi connectivity index (χ4v) is 3.59. The molecular weight excluding hydrogens is 290 g/mol. The van der Waals surface area contributed by atoms with Crippen LogP contribution in [-0.4, -0.2) is 30.2 Å². The van der Waals surface area contributed by atoms with E-state index in [9.17, 15) is 0 Å². The zero-order valence-electron chi connectivity index (χ0n) is 11.1. The Hall–Kier alpha value is -1.34. The molecule has 0 radical (unpaired) electrons. The van der Waals surface area contributed by atoms with Crippen molar-refractivity contribution in [2.45, 2.75) is 6.54 Å². The number of fused-ring (bicyclic) bond motifs is 1. The van der Waals surface area contributed by atoms with Crippen molar-refractivity contribution >= 4 is 32.9 Å². The molecule has 6 heteroatoms. The van der Waals surface area contributed by atoms with Crippen molar-refractivity contribution in [2.75, 3.05) is 20.3 Å². The Morgan fingerprint density at radius 2 is 2.15 bits per heavy atom. The van der Waals surface area contributed by atoms with Gasteiger partial charge in [0.25, 0.3) is 0 Å². The number of hydrogen-bond donors (Lipinski definition) is 1. The molecule has 0 spiro atoms. The lowest BCUT2D eigenvalue weighted by Gasteiger charge is -1.99. The SMILES string of the molecule is COCCNCc1nc(-c2nc3ccccc3s2)cs1. The van der Waals surface area contributed by atoms with Crippen LogP contribution in [0, 0.1) is 0 Å². The smallest absolute Gasteiger partial charge is 0.143 e. The molecule has 0 bridgehead atoms. The number of benzene rings is 1. The van der Waals surface area contributed by atoms with Crippen molar-refractivity contribution in [1.29, 1.82) is 0 Å². The summed E-state index contributed by atoms with van der Waals surface area (Å²) < 4.78 is 6.20. The molecule has 4 nitrogen and oxygen atoms in total. The van der Waals surface area contributed by atoms with E-state index in [1.165, 1.54) is 4.70 Å². The Morgan fingerprint density at radius 1 is 1.25 bits per heavy atom. The van der Waals surface area contributed by atoms with Crippen molar-refractivity contribution in [2.24, 2.45) is 0 Å². The van der Waals surface area contributed by atoms with E-state index in [-0.39, 0.29) is 0 Å². The van der Waals surface area contributed by atoms with Crippen LogP contribution in [0.15, 0.2) is 29.6 Å². The number of methoxy groups -OCH3 is 1. The average molecular weight is 305 g/mol. The van der Waals surface area contributed by atoms with Crippen LogP contribution in [0.1, 0.15) is 5.01 Å². The minimum absolute atomic E-state index is 0.718. The summed E-state index contributed by atoms with van der Waals surface area (Å²) in [5.74, 6) is 0. The zero-order chi connectivity index (χ0) is 13.8. The van der Waals surface area contributed by atoms with Gasteiger partial charge in [0.1, 0.15) is 15.7 Å². The van der Waals surface area contributed by atoms with Crippen LogP contribution < -0.4 is 5.32 Å². The van der Waals surface area contributed by atoms with E-state index in [4.69, 9.17) is 4.74 Å². The molecule has 0 aliphatic carbocycles. The maximum Gasteiger partial charge on any atom is 0.143 e. The summed E-state index contributed by atoms with van der Waals surface area (Å²) in [4.78, 5) is 9.26. The van der Waals surface area contributed by atoms with Gasteiger partial charge in [0.2, 0.25) is 0 Å². The molecule has 20 heavy (non-hydrogen) atoms. The second kappa shape index (κ2) is 6.41. The van der Waals surface area contributed by atoms with Gasteiger partial charge in [0.05, 0.1) is 16.8 Å². The third-order valence-electron chi connectivity index (χ3n) is 2.82. The number of nitrogens with one attached hydrogen (secondary N) is 1. The van der Waals surface area contributed by atoms with E-state index in [1.807, 2.05) is 18.2 Å². The first-order valence-corrected chi connectivity index (χ1v) is 8.06. The van der Waals surface area contributed by atoms with Crippen LogP contribution in [0.4, 0.5) is 0 Å². The predicted octanol–water partition coefficient (Wildman–Crippen LogP) is 3.16. The third kappa shape index (κ3) is 3.04. The molecule has 3 aromatic rings. The summed E-state index contributed by atoms with van der Waals surface area (Å²) in [6.45, 7) is 2.33. The monoisotopic (exact) mass is 305 g/mol. The lowest BCUT2D eigenvalue weighted by atomic mass is 10.3. The average Bonchev–Trinajstić information content (AvgIpc) is 3.09. The Kier molecular flexibility index (Phi) is 4.37. The van der Waals surface area contributed by atoms with E-state index in [1.54, 1.807) is 29.8 Å². The van der Waals surface area contributed by atoms with Crippen molar-refractivity contribution in [3.05, 3.63) is 34.7 Å². The van der Waals surface area contributed by atoms with Crippen molar-refractivity contribution in [3.63, 3.8) is 0 Å².